The zero-order chi connectivity index (χ0) is 22.9. The summed E-state index contributed by atoms with van der Waals surface area (Å²) in [5.41, 5.74) is 3.36. The molecule has 0 spiro atoms. The molecule has 0 fully saturated rings. The van der Waals surface area contributed by atoms with Crippen LogP contribution in [0.3, 0.4) is 0 Å². The van der Waals surface area contributed by atoms with E-state index >= 15 is 0 Å². The minimum atomic E-state index is -0.254. The monoisotopic (exact) mass is 472 g/mol. The normalized spacial score (nSPS) is 10.8. The van der Waals surface area contributed by atoms with Gasteiger partial charge in [-0.1, -0.05) is 83.8 Å². The summed E-state index contributed by atoms with van der Waals surface area (Å²) in [5.74, 6) is 0.277. The van der Waals surface area contributed by atoms with Gasteiger partial charge in [-0.25, -0.2) is 0 Å². The Kier molecular flexibility index (Phi) is 7.63. The molecule has 3 aromatic carbocycles. The molecule has 2 amide bonds. The number of rotatable bonds is 8. The molecule has 0 radical (unpaired) electrons. The van der Waals surface area contributed by atoms with Crippen LogP contribution in [0.15, 0.2) is 95.3 Å². The minimum absolute atomic E-state index is 0.147. The topological polar surface area (TPSA) is 84.0 Å². The highest BCUT2D eigenvalue weighted by molar-refractivity contribution is 8.00. The second-order valence-corrected chi connectivity index (χ2v) is 9.11. The fraction of sp³-hybridized carbons (Fsp3) is 0.0400. The smallest absolute Gasteiger partial charge is 0.255 e. The Bertz CT molecular complexity index is 1240. The largest absolute Gasteiger partial charge is 0.322 e. The number of para-hydroxylation sites is 1. The van der Waals surface area contributed by atoms with Crippen LogP contribution in [0, 0.1) is 0 Å². The average Bonchev–Trinajstić information content (AvgIpc) is 3.30. The molecule has 0 saturated carbocycles. The van der Waals surface area contributed by atoms with E-state index in [1.54, 1.807) is 18.2 Å². The molecular weight excluding hydrogens is 452 g/mol. The van der Waals surface area contributed by atoms with Gasteiger partial charge in [-0.3, -0.25) is 14.9 Å². The Labute approximate surface area is 199 Å². The van der Waals surface area contributed by atoms with Crippen molar-refractivity contribution in [2.45, 2.75) is 10.1 Å². The maximum atomic E-state index is 12.4. The third-order valence-corrected chi connectivity index (χ3v) is 6.52. The lowest BCUT2D eigenvalue weighted by Crippen LogP contribution is -2.11. The van der Waals surface area contributed by atoms with Gasteiger partial charge in [0, 0.05) is 23.1 Å². The summed E-state index contributed by atoms with van der Waals surface area (Å²) < 4.78 is 0.753. The van der Waals surface area contributed by atoms with E-state index in [9.17, 15) is 9.59 Å². The first-order valence-electron chi connectivity index (χ1n) is 10.1. The molecule has 0 bridgehead atoms. The zero-order valence-electron chi connectivity index (χ0n) is 17.5. The molecule has 0 atom stereocenters. The zero-order valence-corrected chi connectivity index (χ0v) is 19.1. The second kappa shape index (κ2) is 11.2. The third-order valence-electron chi connectivity index (χ3n) is 4.47. The van der Waals surface area contributed by atoms with Crippen molar-refractivity contribution in [2.24, 2.45) is 0 Å². The summed E-state index contributed by atoms with van der Waals surface area (Å²) in [6, 6.07) is 26.4. The van der Waals surface area contributed by atoms with Crippen LogP contribution in [0.4, 0.5) is 10.8 Å². The van der Waals surface area contributed by atoms with Crippen LogP contribution in [-0.4, -0.2) is 22.0 Å². The van der Waals surface area contributed by atoms with Crippen LogP contribution in [0.1, 0.15) is 21.5 Å². The number of carbonyl (C=O) groups excluding carboxylic acids is 2. The summed E-state index contributed by atoms with van der Waals surface area (Å²) in [4.78, 5) is 24.4. The van der Waals surface area contributed by atoms with Crippen LogP contribution in [-0.2, 0) is 10.5 Å². The molecule has 0 unspecified atom stereocenters. The van der Waals surface area contributed by atoms with Crippen LogP contribution in [0.2, 0.25) is 0 Å². The first-order chi connectivity index (χ1) is 16.2. The predicted molar refractivity (Wildman–Crippen MR) is 134 cm³/mol. The molecule has 164 valence electrons. The fourth-order valence-corrected chi connectivity index (χ4v) is 4.53. The Morgan fingerprint density at radius 3 is 2.27 bits per heavy atom. The van der Waals surface area contributed by atoms with E-state index in [2.05, 4.69) is 20.8 Å². The van der Waals surface area contributed by atoms with Gasteiger partial charge in [0.2, 0.25) is 11.0 Å². The highest BCUT2D eigenvalue weighted by Gasteiger charge is 2.09. The number of benzene rings is 3. The lowest BCUT2D eigenvalue weighted by Gasteiger charge is -2.06. The molecule has 4 aromatic rings. The summed E-state index contributed by atoms with van der Waals surface area (Å²) in [5, 5.41) is 14.2. The highest BCUT2D eigenvalue weighted by atomic mass is 32.2. The number of carbonyl (C=O) groups is 2. The van der Waals surface area contributed by atoms with Gasteiger partial charge in [0.1, 0.15) is 0 Å². The number of nitrogens with zero attached hydrogens (tertiary/aromatic N) is 2. The van der Waals surface area contributed by atoms with E-state index in [1.165, 1.54) is 29.2 Å². The number of thioether (sulfide) groups is 1. The van der Waals surface area contributed by atoms with Gasteiger partial charge in [-0.15, -0.1) is 10.2 Å². The summed E-state index contributed by atoms with van der Waals surface area (Å²) >= 11 is 2.85. The Hall–Kier alpha value is -3.75. The number of hydrogen-bond acceptors (Lipinski definition) is 6. The predicted octanol–water partition coefficient (Wildman–Crippen LogP) is 5.73. The van der Waals surface area contributed by atoms with Crippen molar-refractivity contribution in [3.8, 4) is 0 Å². The van der Waals surface area contributed by atoms with Crippen molar-refractivity contribution in [1.29, 1.82) is 0 Å². The maximum Gasteiger partial charge on any atom is 0.255 e. The molecule has 8 heteroatoms. The van der Waals surface area contributed by atoms with Gasteiger partial charge in [-0.05, 0) is 41.5 Å². The molecule has 6 nitrogen and oxygen atoms in total. The molecule has 0 aliphatic carbocycles. The van der Waals surface area contributed by atoms with Crippen LogP contribution >= 0.6 is 23.1 Å². The number of aromatic nitrogens is 2. The van der Waals surface area contributed by atoms with Gasteiger partial charge in [0.05, 0.1) is 0 Å². The summed E-state index contributed by atoms with van der Waals surface area (Å²) in [6.07, 6.45) is 3.22. The van der Waals surface area contributed by atoms with Gasteiger partial charge in [-0.2, -0.15) is 0 Å². The van der Waals surface area contributed by atoms with Crippen molar-refractivity contribution in [2.75, 3.05) is 10.6 Å². The molecule has 0 saturated heterocycles. The molecule has 33 heavy (non-hydrogen) atoms. The molecule has 0 aliphatic rings. The van der Waals surface area contributed by atoms with E-state index in [0.717, 1.165) is 21.2 Å². The lowest BCUT2D eigenvalue weighted by atomic mass is 10.1. The van der Waals surface area contributed by atoms with Gasteiger partial charge in [0.15, 0.2) is 4.34 Å². The first kappa shape index (κ1) is 22.4. The fourth-order valence-electron chi connectivity index (χ4n) is 2.82. The van der Waals surface area contributed by atoms with Crippen molar-refractivity contribution in [3.05, 3.63) is 108 Å². The first-order valence-corrected chi connectivity index (χ1v) is 11.9. The molecule has 2 N–H and O–H groups in total. The minimum Gasteiger partial charge on any atom is -0.322 e. The van der Waals surface area contributed by atoms with E-state index in [4.69, 9.17) is 0 Å². The van der Waals surface area contributed by atoms with Crippen molar-refractivity contribution >= 4 is 51.8 Å². The van der Waals surface area contributed by atoms with E-state index in [1.807, 2.05) is 72.8 Å². The van der Waals surface area contributed by atoms with Crippen LogP contribution in [0.5, 0.6) is 0 Å². The maximum absolute atomic E-state index is 12.4. The van der Waals surface area contributed by atoms with Gasteiger partial charge >= 0.3 is 0 Å². The van der Waals surface area contributed by atoms with Crippen LogP contribution in [0.25, 0.3) is 6.08 Å². The van der Waals surface area contributed by atoms with Crippen molar-refractivity contribution < 1.29 is 9.59 Å². The van der Waals surface area contributed by atoms with Crippen molar-refractivity contribution in [1.82, 2.24) is 10.2 Å². The number of amides is 2. The summed E-state index contributed by atoms with van der Waals surface area (Å²) in [6.45, 7) is 0. The standard InChI is InChI=1S/C25H20N4O2S2/c30-22(16-13-18-7-3-1-4-8-18)27-24-28-29-25(33-24)32-17-19-11-14-20(15-12-19)23(31)26-21-9-5-2-6-10-21/h1-16H,17H2,(H,26,31)(H,27,28,30)/b16-13+. The summed E-state index contributed by atoms with van der Waals surface area (Å²) in [7, 11) is 0. The molecule has 4 rings (SSSR count). The van der Waals surface area contributed by atoms with Gasteiger partial charge < -0.3 is 5.32 Å². The second-order valence-electron chi connectivity index (χ2n) is 6.91. The number of hydrogen-bond donors (Lipinski definition) is 2. The Balaban J connectivity index is 1.26. The number of anilines is 2. The Morgan fingerprint density at radius 1 is 0.848 bits per heavy atom. The molecule has 0 aliphatic heterocycles. The Morgan fingerprint density at radius 2 is 1.55 bits per heavy atom. The third kappa shape index (κ3) is 6.86. The molecular formula is C25H20N4O2S2. The van der Waals surface area contributed by atoms with E-state index in [-0.39, 0.29) is 11.8 Å². The van der Waals surface area contributed by atoms with E-state index < -0.39 is 0 Å². The quantitative estimate of drug-likeness (QED) is 0.194. The highest BCUT2D eigenvalue weighted by Crippen LogP contribution is 2.28. The van der Waals surface area contributed by atoms with E-state index in [0.29, 0.717) is 16.4 Å². The van der Waals surface area contributed by atoms with Crippen molar-refractivity contribution in [3.63, 3.8) is 0 Å². The van der Waals surface area contributed by atoms with Crippen LogP contribution < -0.4 is 10.6 Å². The lowest BCUT2D eigenvalue weighted by molar-refractivity contribution is -0.111. The average molecular weight is 473 g/mol. The molecule has 1 heterocycles. The molecule has 1 aromatic heterocycles. The van der Waals surface area contributed by atoms with Gasteiger partial charge in [0.25, 0.3) is 5.91 Å². The number of nitrogens with one attached hydrogen (secondary N) is 2. The SMILES string of the molecule is O=C(/C=C/c1ccccc1)Nc1nnc(SCc2ccc(C(=O)Nc3ccccc3)cc2)s1.